The van der Waals surface area contributed by atoms with Gasteiger partial charge in [0.25, 0.3) is 0 Å². The van der Waals surface area contributed by atoms with Crippen LogP contribution in [0.3, 0.4) is 0 Å². The maximum Gasteiger partial charge on any atom is 0.335 e. The van der Waals surface area contributed by atoms with Crippen molar-refractivity contribution in [3.8, 4) is 0 Å². The number of anilines is 1. The molecule has 0 aliphatic rings. The number of carboxylic acids is 2. The molecule has 0 amide bonds. The minimum atomic E-state index is -2.65. The van der Waals surface area contributed by atoms with Crippen molar-refractivity contribution in [2.75, 3.05) is 4.72 Å². The van der Waals surface area contributed by atoms with Gasteiger partial charge in [0.1, 0.15) is 0 Å². The number of nitrogens with one attached hydrogen (secondary N) is 1. The summed E-state index contributed by atoms with van der Waals surface area (Å²) in [5, 5.41) is 17.3. The van der Waals surface area contributed by atoms with Gasteiger partial charge in [-0.05, 0) is 18.2 Å². The summed E-state index contributed by atoms with van der Waals surface area (Å²) in [7, 11) is 0. The molecule has 1 unspecified atom stereocenters. The van der Waals surface area contributed by atoms with Crippen LogP contribution < -0.4 is 4.72 Å². The zero-order chi connectivity index (χ0) is 12.3. The van der Waals surface area contributed by atoms with Gasteiger partial charge in [-0.1, -0.05) is 0 Å². The molecule has 0 heterocycles. The number of hydrogen-bond acceptors (Lipinski definition) is 4. The highest BCUT2D eigenvalue weighted by atomic mass is 32.2. The van der Waals surface area contributed by atoms with E-state index in [9.17, 15) is 18.4 Å². The third-order valence-electron chi connectivity index (χ3n) is 1.63. The average Bonchev–Trinajstić information content (AvgIpc) is 2.15. The zero-order valence-corrected chi connectivity index (χ0v) is 8.48. The minimum absolute atomic E-state index is 0.120. The highest BCUT2D eigenvalue weighted by Crippen LogP contribution is 2.15. The molecule has 0 aromatic heterocycles. The summed E-state index contributed by atoms with van der Waals surface area (Å²) in [4.78, 5) is 21.3. The number of carbonyl (C=O) groups is 2. The van der Waals surface area contributed by atoms with E-state index in [1.807, 2.05) is 4.72 Å². The van der Waals surface area contributed by atoms with Crippen molar-refractivity contribution >= 4 is 28.9 Å². The Morgan fingerprint density at radius 3 is 1.88 bits per heavy atom. The number of aromatic carboxylic acids is 2. The second-order valence-electron chi connectivity index (χ2n) is 2.75. The first kappa shape index (κ1) is 12.1. The molecular weight excluding hydrogens is 238 g/mol. The van der Waals surface area contributed by atoms with E-state index < -0.39 is 23.2 Å². The number of benzene rings is 1. The van der Waals surface area contributed by atoms with Crippen LogP contribution in [0.4, 0.5) is 5.69 Å². The van der Waals surface area contributed by atoms with Crippen LogP contribution in [0.5, 0.6) is 0 Å². The molecule has 16 heavy (non-hydrogen) atoms. The SMILES string of the molecule is O=C(O)c1cc(NS(=O)[O-])cc(C(=O)O)c1. The first-order valence-electron chi connectivity index (χ1n) is 3.87. The van der Waals surface area contributed by atoms with Crippen LogP contribution in [0.1, 0.15) is 20.7 Å². The van der Waals surface area contributed by atoms with Crippen molar-refractivity contribution in [2.24, 2.45) is 0 Å². The third-order valence-corrected chi connectivity index (χ3v) is 2.03. The predicted octanol–water partition coefficient (Wildman–Crippen LogP) is 0.289. The molecule has 0 radical (unpaired) electrons. The number of hydrogen-bond donors (Lipinski definition) is 3. The summed E-state index contributed by atoms with van der Waals surface area (Å²) in [5.74, 6) is -2.69. The fourth-order valence-corrected chi connectivity index (χ4v) is 1.34. The molecule has 1 atom stereocenters. The first-order valence-corrected chi connectivity index (χ1v) is 4.95. The summed E-state index contributed by atoms with van der Waals surface area (Å²) in [6.07, 6.45) is 0. The van der Waals surface area contributed by atoms with Crippen molar-refractivity contribution in [1.29, 1.82) is 0 Å². The maximum atomic E-state index is 10.6. The zero-order valence-electron chi connectivity index (χ0n) is 7.67. The highest BCUT2D eigenvalue weighted by molar-refractivity contribution is 7.80. The molecule has 0 bridgehead atoms. The molecule has 3 N–H and O–H groups in total. The monoisotopic (exact) mass is 244 g/mol. The molecule has 7 nitrogen and oxygen atoms in total. The molecule has 0 aliphatic carbocycles. The van der Waals surface area contributed by atoms with Crippen LogP contribution in [-0.2, 0) is 11.3 Å². The Hall–Kier alpha value is -1.93. The molecule has 1 aromatic carbocycles. The second-order valence-corrected chi connectivity index (χ2v) is 3.42. The van der Waals surface area contributed by atoms with Gasteiger partial charge < -0.3 is 19.5 Å². The lowest BCUT2D eigenvalue weighted by atomic mass is 10.1. The standard InChI is InChI=1S/C8H7NO6S/c10-7(11)4-1-5(8(12)13)3-6(2-4)9-16(14)15/h1-3,9H,(H,10,11)(H,12,13)(H,14,15)/p-1. The maximum absolute atomic E-state index is 10.6. The van der Waals surface area contributed by atoms with Crippen LogP contribution in [-0.4, -0.2) is 30.9 Å². The fourth-order valence-electron chi connectivity index (χ4n) is 1.03. The molecule has 0 saturated heterocycles. The van der Waals surface area contributed by atoms with E-state index in [-0.39, 0.29) is 16.8 Å². The van der Waals surface area contributed by atoms with E-state index in [4.69, 9.17) is 10.2 Å². The largest absolute Gasteiger partial charge is 0.755 e. The van der Waals surface area contributed by atoms with Crippen molar-refractivity contribution in [3.05, 3.63) is 29.3 Å². The van der Waals surface area contributed by atoms with Crippen LogP contribution >= 0.6 is 0 Å². The molecule has 86 valence electrons. The van der Waals surface area contributed by atoms with Crippen molar-refractivity contribution in [2.45, 2.75) is 0 Å². The summed E-state index contributed by atoms with van der Waals surface area (Å²) in [6, 6.07) is 2.97. The summed E-state index contributed by atoms with van der Waals surface area (Å²) in [5.41, 5.74) is -0.744. The van der Waals surface area contributed by atoms with Crippen molar-refractivity contribution < 1.29 is 28.6 Å². The molecule has 0 aliphatic heterocycles. The Labute approximate surface area is 92.1 Å². The van der Waals surface area contributed by atoms with Gasteiger partial charge in [-0.2, -0.15) is 0 Å². The molecule has 8 heteroatoms. The first-order chi connectivity index (χ1) is 7.40. The second kappa shape index (κ2) is 4.73. The van der Waals surface area contributed by atoms with Gasteiger partial charge in [0.05, 0.1) is 11.1 Å². The smallest absolute Gasteiger partial charge is 0.335 e. The number of rotatable bonds is 4. The Kier molecular flexibility index (Phi) is 3.59. The predicted molar refractivity (Wildman–Crippen MR) is 52.9 cm³/mol. The Bertz CT molecular complexity index is 439. The lowest BCUT2D eigenvalue weighted by Crippen LogP contribution is -2.07. The molecular formula is C8H6NO6S-. The third kappa shape index (κ3) is 3.04. The van der Waals surface area contributed by atoms with E-state index in [0.29, 0.717) is 0 Å². The van der Waals surface area contributed by atoms with E-state index >= 15 is 0 Å². The van der Waals surface area contributed by atoms with Gasteiger partial charge in [0.15, 0.2) is 0 Å². The minimum Gasteiger partial charge on any atom is -0.755 e. The Morgan fingerprint density at radius 2 is 1.56 bits per heavy atom. The van der Waals surface area contributed by atoms with Crippen LogP contribution in [0, 0.1) is 0 Å². The topological polar surface area (TPSA) is 127 Å². The average molecular weight is 244 g/mol. The quantitative estimate of drug-likeness (QED) is 0.653. The summed E-state index contributed by atoms with van der Waals surface area (Å²) < 4.78 is 22.5. The van der Waals surface area contributed by atoms with Crippen molar-refractivity contribution in [3.63, 3.8) is 0 Å². The van der Waals surface area contributed by atoms with E-state index in [0.717, 1.165) is 18.2 Å². The normalized spacial score (nSPS) is 11.8. The van der Waals surface area contributed by atoms with Gasteiger partial charge >= 0.3 is 11.9 Å². The molecule has 0 spiro atoms. The van der Waals surface area contributed by atoms with E-state index in [2.05, 4.69) is 0 Å². The lowest BCUT2D eigenvalue weighted by Gasteiger charge is -2.10. The molecule has 0 saturated carbocycles. The molecule has 0 fully saturated rings. The highest BCUT2D eigenvalue weighted by Gasteiger charge is 2.11. The van der Waals surface area contributed by atoms with Gasteiger partial charge in [-0.3, -0.25) is 4.21 Å². The fraction of sp³-hybridized carbons (Fsp3) is 0. The van der Waals surface area contributed by atoms with E-state index in [1.165, 1.54) is 0 Å². The molecule has 1 rings (SSSR count). The van der Waals surface area contributed by atoms with Crippen molar-refractivity contribution in [1.82, 2.24) is 0 Å². The Balaban J connectivity index is 3.23. The van der Waals surface area contributed by atoms with Crippen LogP contribution in [0.15, 0.2) is 18.2 Å². The Morgan fingerprint density at radius 1 is 1.12 bits per heavy atom. The van der Waals surface area contributed by atoms with E-state index in [1.54, 1.807) is 0 Å². The lowest BCUT2D eigenvalue weighted by molar-refractivity contribution is 0.0696. The van der Waals surface area contributed by atoms with Gasteiger partial charge in [-0.15, -0.1) is 0 Å². The van der Waals surface area contributed by atoms with Gasteiger partial charge in [0.2, 0.25) is 0 Å². The van der Waals surface area contributed by atoms with Crippen LogP contribution in [0.2, 0.25) is 0 Å². The number of carboxylic acid groups (broad SMARTS) is 2. The van der Waals surface area contributed by atoms with Gasteiger partial charge in [-0.25, -0.2) is 9.59 Å². The summed E-state index contributed by atoms with van der Waals surface area (Å²) >= 11 is -2.65. The molecule has 1 aromatic rings. The van der Waals surface area contributed by atoms with Crippen LogP contribution in [0.25, 0.3) is 0 Å². The summed E-state index contributed by atoms with van der Waals surface area (Å²) in [6.45, 7) is 0. The van der Waals surface area contributed by atoms with Gasteiger partial charge in [0, 0.05) is 17.0 Å².